The van der Waals surface area contributed by atoms with Crippen molar-refractivity contribution in [2.45, 2.75) is 13.5 Å². The van der Waals surface area contributed by atoms with Crippen molar-refractivity contribution in [2.24, 2.45) is 0 Å². The van der Waals surface area contributed by atoms with Gasteiger partial charge >= 0.3 is 0 Å². The lowest BCUT2D eigenvalue weighted by atomic mass is 10.1. The predicted octanol–water partition coefficient (Wildman–Crippen LogP) is 4.91. The molecule has 0 fully saturated rings. The summed E-state index contributed by atoms with van der Waals surface area (Å²) in [5, 5.41) is 2.79. The first kappa shape index (κ1) is 19.0. The molecule has 2 aromatic carbocycles. The van der Waals surface area contributed by atoms with E-state index >= 15 is 0 Å². The molecule has 0 radical (unpaired) electrons. The molecule has 6 rings (SSSR count). The molecule has 0 saturated heterocycles. The number of nitrogens with zero attached hydrogens (tertiary/aromatic N) is 4. The maximum atomic E-state index is 12.8. The Balaban J connectivity index is 1.43. The van der Waals surface area contributed by atoms with Gasteiger partial charge in [0, 0.05) is 16.6 Å². The standard InChI is InChI=1S/C23H15N5O2S2/c1-12-10-31-21(25-12)20-19(13-6-7-16-17(8-13)32-11-24-16)26-18(27-20)9-28-22(29)14-4-2-3-5-15(14)23(28)30/h2-8,10-11H,9H2,1H3,(H,26,27). The second kappa shape index (κ2) is 7.18. The van der Waals surface area contributed by atoms with E-state index in [0.717, 1.165) is 37.9 Å². The zero-order chi connectivity index (χ0) is 21.8. The van der Waals surface area contributed by atoms with Crippen molar-refractivity contribution in [3.8, 4) is 22.0 Å². The van der Waals surface area contributed by atoms with Crippen LogP contribution in [-0.4, -0.2) is 36.7 Å². The molecule has 2 amide bonds. The lowest BCUT2D eigenvalue weighted by Gasteiger charge is -2.11. The summed E-state index contributed by atoms with van der Waals surface area (Å²) in [5.41, 5.74) is 6.97. The molecular weight excluding hydrogens is 442 g/mol. The van der Waals surface area contributed by atoms with Gasteiger partial charge in [-0.1, -0.05) is 18.2 Å². The first-order chi connectivity index (χ1) is 15.6. The quantitative estimate of drug-likeness (QED) is 0.387. The molecule has 156 valence electrons. The van der Waals surface area contributed by atoms with E-state index in [4.69, 9.17) is 4.98 Å². The maximum absolute atomic E-state index is 12.8. The molecule has 3 aromatic heterocycles. The Labute approximate surface area is 190 Å². The van der Waals surface area contributed by atoms with Crippen LogP contribution in [0.25, 0.3) is 32.2 Å². The number of H-pyrrole nitrogens is 1. The molecule has 0 bridgehead atoms. The third-order valence-electron chi connectivity index (χ3n) is 5.38. The van der Waals surface area contributed by atoms with Gasteiger partial charge in [-0.05, 0) is 31.2 Å². The Hall–Kier alpha value is -3.69. The molecule has 5 aromatic rings. The molecule has 7 nitrogen and oxygen atoms in total. The summed E-state index contributed by atoms with van der Waals surface area (Å²) in [6.45, 7) is 2.01. The normalized spacial score (nSPS) is 13.3. The van der Waals surface area contributed by atoms with E-state index in [1.165, 1.54) is 16.2 Å². The van der Waals surface area contributed by atoms with Crippen LogP contribution in [0.3, 0.4) is 0 Å². The average Bonchev–Trinajstić information content (AvgIpc) is 3.58. The van der Waals surface area contributed by atoms with Crippen molar-refractivity contribution in [3.63, 3.8) is 0 Å². The monoisotopic (exact) mass is 457 g/mol. The molecule has 1 aliphatic rings. The fourth-order valence-corrected chi connectivity index (χ4v) is 5.38. The molecule has 0 unspecified atom stereocenters. The number of fused-ring (bicyclic) bond motifs is 2. The molecule has 4 heterocycles. The van der Waals surface area contributed by atoms with Crippen LogP contribution in [0.4, 0.5) is 0 Å². The number of aryl methyl sites for hydroxylation is 1. The molecule has 0 atom stereocenters. The van der Waals surface area contributed by atoms with Crippen LogP contribution in [0.2, 0.25) is 0 Å². The van der Waals surface area contributed by atoms with Crippen LogP contribution in [0.5, 0.6) is 0 Å². The number of amides is 2. The van der Waals surface area contributed by atoms with Gasteiger partial charge in [-0.15, -0.1) is 22.7 Å². The number of benzene rings is 2. The molecule has 0 saturated carbocycles. The van der Waals surface area contributed by atoms with Crippen LogP contribution in [-0.2, 0) is 6.54 Å². The number of aromatic amines is 1. The summed E-state index contributed by atoms with van der Waals surface area (Å²) in [5.74, 6) is -0.0793. The first-order valence-electron chi connectivity index (χ1n) is 9.89. The molecule has 32 heavy (non-hydrogen) atoms. The van der Waals surface area contributed by atoms with E-state index < -0.39 is 0 Å². The number of nitrogens with one attached hydrogen (secondary N) is 1. The zero-order valence-electron chi connectivity index (χ0n) is 16.8. The summed E-state index contributed by atoms with van der Waals surface area (Å²) in [6, 6.07) is 12.9. The van der Waals surface area contributed by atoms with Gasteiger partial charge in [0.25, 0.3) is 11.8 Å². The molecule has 0 spiro atoms. The van der Waals surface area contributed by atoms with Crippen LogP contribution in [0.15, 0.2) is 53.4 Å². The summed E-state index contributed by atoms with van der Waals surface area (Å²) in [6.07, 6.45) is 0. The summed E-state index contributed by atoms with van der Waals surface area (Å²) in [4.78, 5) is 43.9. The van der Waals surface area contributed by atoms with Crippen molar-refractivity contribution in [3.05, 3.63) is 76.0 Å². The van der Waals surface area contributed by atoms with Gasteiger partial charge in [0.2, 0.25) is 0 Å². The minimum atomic E-state index is -0.304. The largest absolute Gasteiger partial charge is 0.338 e. The van der Waals surface area contributed by atoms with Gasteiger partial charge in [-0.25, -0.2) is 15.0 Å². The highest BCUT2D eigenvalue weighted by Crippen LogP contribution is 2.35. The van der Waals surface area contributed by atoms with Crippen molar-refractivity contribution < 1.29 is 9.59 Å². The highest BCUT2D eigenvalue weighted by molar-refractivity contribution is 7.16. The third-order valence-corrected chi connectivity index (χ3v) is 7.15. The summed E-state index contributed by atoms with van der Waals surface area (Å²) < 4.78 is 1.06. The Morgan fingerprint density at radius 3 is 2.50 bits per heavy atom. The van der Waals surface area contributed by atoms with E-state index in [9.17, 15) is 9.59 Å². The van der Waals surface area contributed by atoms with Crippen LogP contribution < -0.4 is 0 Å². The topological polar surface area (TPSA) is 91.8 Å². The number of thiazole rings is 2. The average molecular weight is 458 g/mol. The van der Waals surface area contributed by atoms with Gasteiger partial charge in [-0.2, -0.15) is 0 Å². The number of rotatable bonds is 4. The lowest BCUT2D eigenvalue weighted by Crippen LogP contribution is -2.29. The molecule has 0 aliphatic carbocycles. The van der Waals surface area contributed by atoms with E-state index in [0.29, 0.717) is 17.0 Å². The fourth-order valence-electron chi connectivity index (χ4n) is 3.86. The van der Waals surface area contributed by atoms with E-state index in [1.807, 2.05) is 29.9 Å². The molecule has 1 N–H and O–H groups in total. The third kappa shape index (κ3) is 2.97. The van der Waals surface area contributed by atoms with Gasteiger partial charge < -0.3 is 4.98 Å². The smallest absolute Gasteiger partial charge is 0.261 e. The number of imidazole rings is 1. The summed E-state index contributed by atoms with van der Waals surface area (Å²) >= 11 is 3.09. The Bertz CT molecular complexity index is 1500. The Kier molecular flexibility index (Phi) is 4.27. The second-order valence-corrected chi connectivity index (χ2v) is 9.22. The zero-order valence-corrected chi connectivity index (χ0v) is 18.5. The van der Waals surface area contributed by atoms with Gasteiger partial charge in [0.05, 0.1) is 39.1 Å². The number of carbonyl (C=O) groups is 2. The number of hydrogen-bond acceptors (Lipinski definition) is 7. The van der Waals surface area contributed by atoms with E-state index in [1.54, 1.807) is 35.6 Å². The molecule has 1 aliphatic heterocycles. The fraction of sp³-hybridized carbons (Fsp3) is 0.0870. The van der Waals surface area contributed by atoms with Crippen molar-refractivity contribution in [1.29, 1.82) is 0 Å². The number of hydrogen-bond donors (Lipinski definition) is 1. The van der Waals surface area contributed by atoms with Gasteiger partial charge in [0.1, 0.15) is 16.5 Å². The molecule has 9 heteroatoms. The van der Waals surface area contributed by atoms with Gasteiger partial charge in [0.15, 0.2) is 0 Å². The van der Waals surface area contributed by atoms with E-state index in [2.05, 4.69) is 21.0 Å². The second-order valence-electron chi connectivity index (χ2n) is 7.48. The van der Waals surface area contributed by atoms with Crippen LogP contribution >= 0.6 is 22.7 Å². The summed E-state index contributed by atoms with van der Waals surface area (Å²) in [7, 11) is 0. The van der Waals surface area contributed by atoms with Crippen molar-refractivity contribution in [1.82, 2.24) is 24.8 Å². The maximum Gasteiger partial charge on any atom is 0.261 e. The number of aromatic nitrogens is 4. The highest BCUT2D eigenvalue weighted by Gasteiger charge is 2.36. The van der Waals surface area contributed by atoms with E-state index in [-0.39, 0.29) is 18.4 Å². The predicted molar refractivity (Wildman–Crippen MR) is 124 cm³/mol. The van der Waals surface area contributed by atoms with Crippen LogP contribution in [0, 0.1) is 6.92 Å². The number of imide groups is 1. The Morgan fingerprint density at radius 2 is 1.78 bits per heavy atom. The van der Waals surface area contributed by atoms with Gasteiger partial charge in [-0.3, -0.25) is 14.5 Å². The minimum Gasteiger partial charge on any atom is -0.338 e. The Morgan fingerprint density at radius 1 is 1.00 bits per heavy atom. The number of carbonyl (C=O) groups excluding carboxylic acids is 2. The van der Waals surface area contributed by atoms with Crippen molar-refractivity contribution in [2.75, 3.05) is 0 Å². The van der Waals surface area contributed by atoms with Crippen LogP contribution in [0.1, 0.15) is 32.2 Å². The SMILES string of the molecule is Cc1csc(-c2[nH]c(CN3C(=O)c4ccccc4C3=O)nc2-c2ccc3ncsc3c2)n1. The molecular formula is C23H15N5O2S2. The highest BCUT2D eigenvalue weighted by atomic mass is 32.1. The lowest BCUT2D eigenvalue weighted by molar-refractivity contribution is 0.0638. The first-order valence-corrected chi connectivity index (χ1v) is 11.6. The van der Waals surface area contributed by atoms with Crippen molar-refractivity contribution >= 4 is 44.7 Å². The minimum absolute atomic E-state index is 0.0620.